The molecular formula is C21H22N2O3. The summed E-state index contributed by atoms with van der Waals surface area (Å²) in [5.74, 6) is -0.245. The van der Waals surface area contributed by atoms with Crippen LogP contribution in [0, 0.1) is 0 Å². The lowest BCUT2D eigenvalue weighted by Gasteiger charge is -2.26. The van der Waals surface area contributed by atoms with Crippen molar-refractivity contribution in [3.63, 3.8) is 0 Å². The van der Waals surface area contributed by atoms with E-state index in [1.807, 2.05) is 4.90 Å². The number of nitrogens with one attached hydrogen (secondary N) is 1. The predicted octanol–water partition coefficient (Wildman–Crippen LogP) is 3.77. The van der Waals surface area contributed by atoms with Gasteiger partial charge in [-0.3, -0.25) is 14.4 Å². The molecule has 0 radical (unpaired) electrons. The highest BCUT2D eigenvalue weighted by Gasteiger charge is 2.18. The van der Waals surface area contributed by atoms with Crippen molar-refractivity contribution in [3.8, 4) is 0 Å². The van der Waals surface area contributed by atoms with Crippen molar-refractivity contribution in [2.24, 2.45) is 0 Å². The molecule has 0 bridgehead atoms. The van der Waals surface area contributed by atoms with Gasteiger partial charge in [-0.15, -0.1) is 0 Å². The molecule has 2 aromatic rings. The van der Waals surface area contributed by atoms with Crippen LogP contribution in [0.1, 0.15) is 57.3 Å². The molecule has 1 aliphatic rings. The number of rotatable bonds is 4. The number of ketones is 1. The minimum absolute atomic E-state index is 0.0168. The van der Waals surface area contributed by atoms with Crippen LogP contribution < -0.4 is 5.32 Å². The van der Waals surface area contributed by atoms with Gasteiger partial charge in [0.25, 0.3) is 11.8 Å². The fraction of sp³-hybridized carbons (Fsp3) is 0.286. The Morgan fingerprint density at radius 3 is 1.88 bits per heavy atom. The molecule has 3 rings (SSSR count). The number of likely N-dealkylation sites (tertiary alicyclic amines) is 1. The number of carbonyl (C=O) groups excluding carboxylic acids is 3. The molecule has 1 heterocycles. The fourth-order valence-electron chi connectivity index (χ4n) is 3.04. The van der Waals surface area contributed by atoms with E-state index in [9.17, 15) is 14.4 Å². The molecule has 0 saturated carbocycles. The lowest BCUT2D eigenvalue weighted by Crippen LogP contribution is -2.35. The molecule has 0 spiro atoms. The average molecular weight is 350 g/mol. The monoisotopic (exact) mass is 350 g/mol. The van der Waals surface area contributed by atoms with Gasteiger partial charge in [-0.05, 0) is 74.7 Å². The zero-order valence-corrected chi connectivity index (χ0v) is 14.8. The second-order valence-electron chi connectivity index (χ2n) is 6.52. The van der Waals surface area contributed by atoms with Crippen LogP contribution in [0.5, 0.6) is 0 Å². The zero-order valence-electron chi connectivity index (χ0n) is 14.8. The van der Waals surface area contributed by atoms with Crippen LogP contribution in [0.4, 0.5) is 5.69 Å². The molecule has 0 aliphatic carbocycles. The maximum Gasteiger partial charge on any atom is 0.255 e. The third-order valence-corrected chi connectivity index (χ3v) is 4.59. The van der Waals surface area contributed by atoms with E-state index in [-0.39, 0.29) is 17.6 Å². The van der Waals surface area contributed by atoms with Gasteiger partial charge in [-0.1, -0.05) is 0 Å². The maximum absolute atomic E-state index is 12.5. The fourth-order valence-corrected chi connectivity index (χ4v) is 3.04. The number of hydrogen-bond acceptors (Lipinski definition) is 3. The topological polar surface area (TPSA) is 66.5 Å². The van der Waals surface area contributed by atoms with E-state index in [4.69, 9.17) is 0 Å². The van der Waals surface area contributed by atoms with Gasteiger partial charge in [-0.25, -0.2) is 0 Å². The molecule has 5 heteroatoms. The minimum atomic E-state index is -0.252. The summed E-state index contributed by atoms with van der Waals surface area (Å²) < 4.78 is 0. The Labute approximate surface area is 153 Å². The summed E-state index contributed by atoms with van der Waals surface area (Å²) in [6, 6.07) is 13.5. The number of amides is 2. The van der Waals surface area contributed by atoms with Crippen molar-refractivity contribution >= 4 is 23.3 Å². The third kappa shape index (κ3) is 4.17. The van der Waals surface area contributed by atoms with E-state index in [0.29, 0.717) is 22.4 Å². The lowest BCUT2D eigenvalue weighted by molar-refractivity contribution is 0.0723. The van der Waals surface area contributed by atoms with Crippen molar-refractivity contribution in [2.75, 3.05) is 18.4 Å². The van der Waals surface area contributed by atoms with Crippen LogP contribution >= 0.6 is 0 Å². The van der Waals surface area contributed by atoms with Crippen LogP contribution in [0.2, 0.25) is 0 Å². The summed E-state index contributed by atoms with van der Waals surface area (Å²) in [7, 11) is 0. The van der Waals surface area contributed by atoms with E-state index < -0.39 is 0 Å². The van der Waals surface area contributed by atoms with Crippen LogP contribution in [0.25, 0.3) is 0 Å². The highest BCUT2D eigenvalue weighted by Crippen LogP contribution is 2.15. The first-order valence-electron chi connectivity index (χ1n) is 8.86. The highest BCUT2D eigenvalue weighted by molar-refractivity contribution is 6.05. The van der Waals surface area contributed by atoms with Gasteiger partial charge < -0.3 is 10.2 Å². The van der Waals surface area contributed by atoms with E-state index in [0.717, 1.165) is 25.9 Å². The number of carbonyl (C=O) groups is 3. The Morgan fingerprint density at radius 1 is 0.769 bits per heavy atom. The molecule has 1 aliphatic heterocycles. The minimum Gasteiger partial charge on any atom is -0.339 e. The Bertz CT molecular complexity index is 804. The zero-order chi connectivity index (χ0) is 18.5. The smallest absolute Gasteiger partial charge is 0.255 e. The van der Waals surface area contributed by atoms with Gasteiger partial charge in [0.2, 0.25) is 0 Å². The first-order valence-corrected chi connectivity index (χ1v) is 8.86. The molecule has 0 aromatic heterocycles. The second-order valence-corrected chi connectivity index (χ2v) is 6.52. The molecule has 26 heavy (non-hydrogen) atoms. The molecule has 1 fully saturated rings. The number of Topliss-reactive ketones (excluding diaryl/α,β-unsaturated/α-hetero) is 1. The lowest BCUT2D eigenvalue weighted by atomic mass is 10.1. The molecule has 2 amide bonds. The molecule has 134 valence electrons. The molecule has 0 atom stereocenters. The Balaban J connectivity index is 1.64. The van der Waals surface area contributed by atoms with Crippen molar-refractivity contribution in [3.05, 3.63) is 65.2 Å². The quantitative estimate of drug-likeness (QED) is 0.854. The average Bonchev–Trinajstić information content (AvgIpc) is 2.68. The number of nitrogens with zero attached hydrogens (tertiary/aromatic N) is 1. The van der Waals surface area contributed by atoms with Gasteiger partial charge in [0, 0.05) is 35.5 Å². The van der Waals surface area contributed by atoms with Crippen molar-refractivity contribution < 1.29 is 14.4 Å². The van der Waals surface area contributed by atoms with Crippen molar-refractivity contribution in [1.82, 2.24) is 4.90 Å². The summed E-state index contributed by atoms with van der Waals surface area (Å²) in [4.78, 5) is 38.0. The Kier molecular flexibility index (Phi) is 5.46. The summed E-state index contributed by atoms with van der Waals surface area (Å²) in [6.07, 6.45) is 3.28. The van der Waals surface area contributed by atoms with Gasteiger partial charge >= 0.3 is 0 Å². The van der Waals surface area contributed by atoms with Gasteiger partial charge in [-0.2, -0.15) is 0 Å². The van der Waals surface area contributed by atoms with E-state index in [2.05, 4.69) is 5.32 Å². The van der Waals surface area contributed by atoms with Crippen molar-refractivity contribution in [2.45, 2.75) is 26.2 Å². The largest absolute Gasteiger partial charge is 0.339 e. The van der Waals surface area contributed by atoms with E-state index >= 15 is 0 Å². The highest BCUT2D eigenvalue weighted by atomic mass is 16.2. The van der Waals surface area contributed by atoms with Crippen LogP contribution in [0.3, 0.4) is 0 Å². The van der Waals surface area contributed by atoms with E-state index in [1.165, 1.54) is 13.3 Å². The summed E-state index contributed by atoms with van der Waals surface area (Å²) in [5, 5.41) is 2.79. The molecule has 2 aromatic carbocycles. The van der Waals surface area contributed by atoms with Gasteiger partial charge in [0.05, 0.1) is 0 Å². The first-order chi connectivity index (χ1) is 12.5. The number of benzene rings is 2. The summed E-state index contributed by atoms with van der Waals surface area (Å²) >= 11 is 0. The van der Waals surface area contributed by atoms with Crippen molar-refractivity contribution in [1.29, 1.82) is 0 Å². The number of piperidine rings is 1. The first kappa shape index (κ1) is 17.9. The van der Waals surface area contributed by atoms with Crippen LogP contribution in [-0.2, 0) is 0 Å². The molecule has 1 saturated heterocycles. The molecular weight excluding hydrogens is 328 g/mol. The molecule has 5 nitrogen and oxygen atoms in total. The van der Waals surface area contributed by atoms with Crippen LogP contribution in [0.15, 0.2) is 48.5 Å². The third-order valence-electron chi connectivity index (χ3n) is 4.59. The van der Waals surface area contributed by atoms with E-state index in [1.54, 1.807) is 48.5 Å². The Morgan fingerprint density at radius 2 is 1.31 bits per heavy atom. The Hall–Kier alpha value is -2.95. The normalized spacial score (nSPS) is 14.0. The number of hydrogen-bond donors (Lipinski definition) is 1. The maximum atomic E-state index is 12.5. The molecule has 0 unspecified atom stereocenters. The van der Waals surface area contributed by atoms with Gasteiger partial charge in [0.15, 0.2) is 5.78 Å². The predicted molar refractivity (Wildman–Crippen MR) is 101 cm³/mol. The second kappa shape index (κ2) is 7.95. The summed E-state index contributed by atoms with van der Waals surface area (Å²) in [6.45, 7) is 3.11. The summed E-state index contributed by atoms with van der Waals surface area (Å²) in [5.41, 5.74) is 2.31. The van der Waals surface area contributed by atoms with Crippen LogP contribution in [-0.4, -0.2) is 35.6 Å². The standard InChI is InChI=1S/C21H22N2O3/c1-15(24)16-9-11-19(12-10-16)22-20(25)17-5-7-18(8-6-17)21(26)23-13-3-2-4-14-23/h5-12H,2-4,13-14H2,1H3,(H,22,25). The SMILES string of the molecule is CC(=O)c1ccc(NC(=O)c2ccc(C(=O)N3CCCCC3)cc2)cc1. The number of anilines is 1. The molecule has 1 N–H and O–H groups in total. The van der Waals surface area contributed by atoms with Gasteiger partial charge in [0.1, 0.15) is 0 Å².